The van der Waals surface area contributed by atoms with Crippen LogP contribution in [0.15, 0.2) is 12.2 Å². The van der Waals surface area contributed by atoms with Gasteiger partial charge in [0, 0.05) is 0 Å². The van der Waals surface area contributed by atoms with Crippen LogP contribution in [0.4, 0.5) is 0 Å². The molecule has 0 aromatic heterocycles. The summed E-state index contributed by atoms with van der Waals surface area (Å²) in [6.45, 7) is 5.84. The van der Waals surface area contributed by atoms with E-state index in [0.29, 0.717) is 12.8 Å². The quantitative estimate of drug-likeness (QED) is 0.0273. The van der Waals surface area contributed by atoms with Crippen molar-refractivity contribution in [2.24, 2.45) is 11.8 Å². The number of hydrogen-bond donors (Lipinski definition) is 6. The first-order valence-corrected chi connectivity index (χ1v) is 22.2. The number of Topliss-reactive ketones (excluding diaryl/α,β-unsaturated/α-hetero) is 1. The maximum absolute atomic E-state index is 13.4. The molecule has 1 fully saturated rings. The first-order chi connectivity index (χ1) is 25.7. The van der Waals surface area contributed by atoms with Gasteiger partial charge in [-0.2, -0.15) is 0 Å². The molecule has 9 atom stereocenters. The van der Waals surface area contributed by atoms with Gasteiger partial charge in [0.1, 0.15) is 30.5 Å². The summed E-state index contributed by atoms with van der Waals surface area (Å²) in [5, 5.41) is 62.1. The monoisotopic (exact) mass is 757 g/mol. The summed E-state index contributed by atoms with van der Waals surface area (Å²) < 4.78 is 11.1. The highest BCUT2D eigenvalue weighted by molar-refractivity contribution is 5.86. The van der Waals surface area contributed by atoms with E-state index in [4.69, 9.17) is 9.47 Å². The largest absolute Gasteiger partial charge is 0.394 e. The average Bonchev–Trinajstić information content (AvgIpc) is 3.16. The van der Waals surface area contributed by atoms with Crippen LogP contribution in [-0.2, 0) is 14.3 Å². The Balaban J connectivity index is 2.45. The van der Waals surface area contributed by atoms with Crippen molar-refractivity contribution in [2.75, 3.05) is 13.2 Å². The Hall–Kier alpha value is -0.910. The lowest BCUT2D eigenvalue weighted by atomic mass is 9.91. The van der Waals surface area contributed by atoms with Crippen LogP contribution in [0.25, 0.3) is 0 Å². The molecule has 0 amide bonds. The fourth-order valence-electron chi connectivity index (χ4n) is 7.24. The third kappa shape index (κ3) is 23.7. The van der Waals surface area contributed by atoms with Crippen molar-refractivity contribution < 1.29 is 44.9 Å². The maximum atomic E-state index is 13.4. The molecule has 0 aromatic carbocycles. The molecule has 1 saturated heterocycles. The molecular formula is C44H84O9. The average molecular weight is 757 g/mol. The van der Waals surface area contributed by atoms with Crippen LogP contribution in [0, 0.1) is 11.8 Å². The van der Waals surface area contributed by atoms with Gasteiger partial charge in [0.15, 0.2) is 12.1 Å². The molecule has 0 bridgehead atoms. The fourth-order valence-corrected chi connectivity index (χ4v) is 7.24. The summed E-state index contributed by atoms with van der Waals surface area (Å²) >= 11 is 0. The number of rotatable bonds is 36. The third-order valence-corrected chi connectivity index (χ3v) is 11.3. The van der Waals surface area contributed by atoms with Crippen molar-refractivity contribution in [2.45, 2.75) is 237 Å². The molecule has 1 rings (SSSR count). The lowest BCUT2D eigenvalue weighted by Gasteiger charge is -2.40. The Morgan fingerprint density at radius 3 is 1.62 bits per heavy atom. The standard InChI is InChI=1S/C44H84O9/c1-4-6-7-8-9-10-11-12-13-14-15-16-17-18-23-26-29-32-38(47)40(48)36(34-52-44-43(51)42(50)41(49)39(33-45)53-44)37(46)31-28-25-22-20-19-21-24-27-30-35(3)5-2/h28,31,35-39,41-47,49-51H,4-27,29-30,32-34H2,1-3H3/b31-28+/t35?,36-,37+,38+,39+,41-,42-,43+,44+/m0/s1. The first kappa shape index (κ1) is 50.1. The van der Waals surface area contributed by atoms with Crippen LogP contribution >= 0.6 is 0 Å². The molecule has 6 N–H and O–H groups in total. The van der Waals surface area contributed by atoms with Crippen molar-refractivity contribution in [1.82, 2.24) is 0 Å². The zero-order chi connectivity index (χ0) is 39.1. The van der Waals surface area contributed by atoms with E-state index in [-0.39, 0.29) is 6.61 Å². The lowest BCUT2D eigenvalue weighted by molar-refractivity contribution is -0.303. The predicted octanol–water partition coefficient (Wildman–Crippen LogP) is 8.47. The normalized spacial score (nSPS) is 23.0. The summed E-state index contributed by atoms with van der Waals surface area (Å²) in [6.07, 6.45) is 25.5. The molecule has 53 heavy (non-hydrogen) atoms. The van der Waals surface area contributed by atoms with Crippen LogP contribution in [0.5, 0.6) is 0 Å². The van der Waals surface area contributed by atoms with Gasteiger partial charge in [-0.1, -0.05) is 187 Å². The minimum atomic E-state index is -1.62. The van der Waals surface area contributed by atoms with Crippen LogP contribution in [0.2, 0.25) is 0 Å². The van der Waals surface area contributed by atoms with E-state index in [2.05, 4.69) is 20.8 Å². The van der Waals surface area contributed by atoms with Gasteiger partial charge in [-0.3, -0.25) is 4.79 Å². The minimum Gasteiger partial charge on any atom is -0.394 e. The van der Waals surface area contributed by atoms with Gasteiger partial charge < -0.3 is 40.1 Å². The van der Waals surface area contributed by atoms with E-state index in [1.165, 1.54) is 122 Å². The molecule has 1 unspecified atom stereocenters. The Morgan fingerprint density at radius 2 is 1.13 bits per heavy atom. The molecule has 0 aromatic rings. The van der Waals surface area contributed by atoms with Crippen molar-refractivity contribution >= 4 is 5.78 Å². The van der Waals surface area contributed by atoms with E-state index in [9.17, 15) is 35.4 Å². The first-order valence-electron chi connectivity index (χ1n) is 22.2. The molecule has 0 saturated carbocycles. The zero-order valence-corrected chi connectivity index (χ0v) is 34.3. The smallest absolute Gasteiger partial charge is 0.186 e. The Labute approximate surface area is 324 Å². The van der Waals surface area contributed by atoms with Gasteiger partial charge >= 0.3 is 0 Å². The second-order valence-corrected chi connectivity index (χ2v) is 16.1. The topological polar surface area (TPSA) is 157 Å². The lowest BCUT2D eigenvalue weighted by Crippen LogP contribution is -2.59. The van der Waals surface area contributed by atoms with Crippen LogP contribution in [0.3, 0.4) is 0 Å². The van der Waals surface area contributed by atoms with Crippen LogP contribution < -0.4 is 0 Å². The molecule has 0 radical (unpaired) electrons. The number of carbonyl (C=O) groups excluding carboxylic acids is 1. The number of allylic oxidation sites excluding steroid dienone is 1. The summed E-state index contributed by atoms with van der Waals surface area (Å²) in [5.74, 6) is -0.861. The number of unbranched alkanes of at least 4 members (excludes halogenated alkanes) is 22. The molecular weight excluding hydrogens is 672 g/mol. The van der Waals surface area contributed by atoms with E-state index in [1.807, 2.05) is 6.08 Å². The summed E-state index contributed by atoms with van der Waals surface area (Å²) in [7, 11) is 0. The Kier molecular flexibility index (Phi) is 31.4. The summed E-state index contributed by atoms with van der Waals surface area (Å²) in [4.78, 5) is 13.4. The summed E-state index contributed by atoms with van der Waals surface area (Å²) in [6, 6.07) is 0. The zero-order valence-electron chi connectivity index (χ0n) is 34.3. The van der Waals surface area contributed by atoms with Crippen LogP contribution in [0.1, 0.15) is 194 Å². The number of carbonyl (C=O) groups is 1. The van der Waals surface area contributed by atoms with E-state index in [0.717, 1.165) is 44.4 Å². The number of ketones is 1. The second kappa shape index (κ2) is 33.3. The highest BCUT2D eigenvalue weighted by Crippen LogP contribution is 2.24. The molecule has 1 aliphatic rings. The molecule has 9 heteroatoms. The Morgan fingerprint density at radius 1 is 0.660 bits per heavy atom. The van der Waals surface area contributed by atoms with Gasteiger partial charge in [-0.15, -0.1) is 0 Å². The SMILES string of the molecule is CCCCCCCCCCCCCCCCCCC[C@@H](O)C(=O)[C@@H](CO[C@@H]1O[C@H](CO)[C@H](O)[C@H](O)[C@H]1O)[C@H](O)/C=C/CCCCCCCCC(C)CC. The molecule has 0 aliphatic carbocycles. The fraction of sp³-hybridized carbons (Fsp3) is 0.932. The number of ether oxygens (including phenoxy) is 2. The van der Waals surface area contributed by atoms with Crippen molar-refractivity contribution in [3.63, 3.8) is 0 Å². The molecule has 9 nitrogen and oxygen atoms in total. The third-order valence-electron chi connectivity index (χ3n) is 11.3. The van der Waals surface area contributed by atoms with Gasteiger partial charge in [0.2, 0.25) is 0 Å². The van der Waals surface area contributed by atoms with Crippen molar-refractivity contribution in [3.8, 4) is 0 Å². The van der Waals surface area contributed by atoms with E-state index in [1.54, 1.807) is 6.08 Å². The van der Waals surface area contributed by atoms with Gasteiger partial charge in [0.05, 0.1) is 25.2 Å². The number of aliphatic hydroxyl groups is 6. The number of hydrogen-bond acceptors (Lipinski definition) is 9. The molecule has 1 heterocycles. The molecule has 1 aliphatic heterocycles. The van der Waals surface area contributed by atoms with E-state index < -0.39 is 61.2 Å². The second-order valence-electron chi connectivity index (χ2n) is 16.1. The van der Waals surface area contributed by atoms with Crippen molar-refractivity contribution in [1.29, 1.82) is 0 Å². The number of aliphatic hydroxyl groups excluding tert-OH is 6. The van der Waals surface area contributed by atoms with Crippen LogP contribution in [-0.4, -0.2) is 92.5 Å². The predicted molar refractivity (Wildman–Crippen MR) is 215 cm³/mol. The van der Waals surface area contributed by atoms with Crippen molar-refractivity contribution in [3.05, 3.63) is 12.2 Å². The minimum absolute atomic E-state index is 0.293. The maximum Gasteiger partial charge on any atom is 0.186 e. The highest BCUT2D eigenvalue weighted by Gasteiger charge is 2.44. The molecule has 314 valence electrons. The summed E-state index contributed by atoms with van der Waals surface area (Å²) in [5.41, 5.74) is 0. The van der Waals surface area contributed by atoms with Gasteiger partial charge in [0.25, 0.3) is 0 Å². The van der Waals surface area contributed by atoms with E-state index >= 15 is 0 Å². The highest BCUT2D eigenvalue weighted by atomic mass is 16.7. The molecule has 0 spiro atoms. The Bertz CT molecular complexity index is 868. The van der Waals surface area contributed by atoms with Gasteiger partial charge in [-0.05, 0) is 25.2 Å². The van der Waals surface area contributed by atoms with Gasteiger partial charge in [-0.25, -0.2) is 0 Å².